The second-order valence-corrected chi connectivity index (χ2v) is 7.32. The summed E-state index contributed by atoms with van der Waals surface area (Å²) in [7, 11) is 1.61. The molecular weight excluding hydrogens is 360 g/mol. The fraction of sp³-hybridized carbons (Fsp3) is 0.556. The molecule has 1 fully saturated rings. The molecule has 0 aromatic heterocycles. The first kappa shape index (κ1) is 18.6. The number of benzene rings is 1. The van der Waals surface area contributed by atoms with Gasteiger partial charge in [0, 0.05) is 38.5 Å². The number of carboxylic acid groups (broad SMARTS) is 1. The van der Waals surface area contributed by atoms with Crippen LogP contribution in [0.3, 0.4) is 0 Å². The van der Waals surface area contributed by atoms with Crippen LogP contribution in [0.5, 0.6) is 11.5 Å². The van der Waals surface area contributed by atoms with Crippen LogP contribution >= 0.6 is 11.6 Å². The predicted octanol–water partition coefficient (Wildman–Crippen LogP) is 3.19. The molecule has 1 aromatic carbocycles. The van der Waals surface area contributed by atoms with Crippen molar-refractivity contribution >= 4 is 23.6 Å². The van der Waals surface area contributed by atoms with Gasteiger partial charge in [-0.25, -0.2) is 9.59 Å². The first-order chi connectivity index (χ1) is 12.2. The minimum atomic E-state index is -1.04. The fourth-order valence-electron chi connectivity index (χ4n) is 3.84. The lowest BCUT2D eigenvalue weighted by Crippen LogP contribution is -2.51. The van der Waals surface area contributed by atoms with Crippen molar-refractivity contribution in [2.75, 3.05) is 20.1 Å². The van der Waals surface area contributed by atoms with E-state index >= 15 is 0 Å². The van der Waals surface area contributed by atoms with Gasteiger partial charge in [-0.1, -0.05) is 11.6 Å². The van der Waals surface area contributed by atoms with Crippen LogP contribution in [0, 0.1) is 19.8 Å². The molecule has 1 atom stereocenters. The number of likely N-dealkylation sites (tertiary alicyclic amines) is 1. The van der Waals surface area contributed by atoms with Gasteiger partial charge in [0.2, 0.25) is 0 Å². The van der Waals surface area contributed by atoms with Crippen LogP contribution in [0.15, 0.2) is 0 Å². The second kappa shape index (κ2) is 6.54. The molecule has 142 valence electrons. The highest BCUT2D eigenvalue weighted by Gasteiger charge is 2.48. The van der Waals surface area contributed by atoms with Crippen molar-refractivity contribution in [1.29, 1.82) is 0 Å². The topological polar surface area (TPSA) is 88.1 Å². The Labute approximate surface area is 157 Å². The summed E-state index contributed by atoms with van der Waals surface area (Å²) in [5, 5.41) is 12.4. The molecule has 2 aliphatic rings. The van der Waals surface area contributed by atoms with Gasteiger partial charge in [0.1, 0.15) is 0 Å². The van der Waals surface area contributed by atoms with Gasteiger partial charge in [0.05, 0.1) is 10.6 Å². The van der Waals surface area contributed by atoms with Crippen molar-refractivity contribution in [2.45, 2.75) is 39.4 Å². The number of rotatable bonds is 2. The van der Waals surface area contributed by atoms with Gasteiger partial charge in [-0.15, -0.1) is 0 Å². The Morgan fingerprint density at radius 3 is 2.31 bits per heavy atom. The van der Waals surface area contributed by atoms with Crippen LogP contribution in [0.1, 0.15) is 41.3 Å². The molecule has 26 heavy (non-hydrogen) atoms. The highest BCUT2D eigenvalue weighted by Crippen LogP contribution is 2.52. The van der Waals surface area contributed by atoms with E-state index in [-0.39, 0.29) is 22.5 Å². The first-order valence-electron chi connectivity index (χ1n) is 8.60. The molecule has 0 bridgehead atoms. The lowest BCUT2D eigenvalue weighted by molar-refractivity contribution is -0.122. The van der Waals surface area contributed by atoms with E-state index in [9.17, 15) is 14.7 Å². The summed E-state index contributed by atoms with van der Waals surface area (Å²) in [4.78, 5) is 25.1. The van der Waals surface area contributed by atoms with Crippen molar-refractivity contribution in [3.8, 4) is 11.5 Å². The molecule has 2 amide bonds. The Bertz CT molecular complexity index is 774. The van der Waals surface area contributed by atoms with Crippen LogP contribution in [0.25, 0.3) is 0 Å². The highest BCUT2D eigenvalue weighted by atomic mass is 35.5. The summed E-state index contributed by atoms with van der Waals surface area (Å²) >= 11 is 6.38. The number of halogens is 1. The monoisotopic (exact) mass is 382 g/mol. The third-order valence-electron chi connectivity index (χ3n) is 5.39. The Kier molecular flexibility index (Phi) is 4.69. The predicted molar refractivity (Wildman–Crippen MR) is 96.3 cm³/mol. The number of carboxylic acids is 1. The number of urea groups is 1. The second-order valence-electron chi connectivity index (χ2n) is 6.94. The van der Waals surface area contributed by atoms with Crippen LogP contribution in [-0.2, 0) is 0 Å². The van der Waals surface area contributed by atoms with Crippen LogP contribution in [0.4, 0.5) is 4.79 Å². The van der Waals surface area contributed by atoms with Gasteiger partial charge in [-0.2, -0.15) is 0 Å². The van der Waals surface area contributed by atoms with Gasteiger partial charge < -0.3 is 24.8 Å². The number of carbonyl (C=O) groups excluding carboxylic acids is 1. The number of hydrogen-bond donors (Lipinski definition) is 2. The van der Waals surface area contributed by atoms with E-state index in [2.05, 4.69) is 5.32 Å². The Morgan fingerprint density at radius 2 is 1.77 bits per heavy atom. The number of amides is 2. The fourth-order valence-corrected chi connectivity index (χ4v) is 4.06. The molecule has 1 unspecified atom stereocenters. The average molecular weight is 383 g/mol. The van der Waals surface area contributed by atoms with E-state index in [4.69, 9.17) is 21.1 Å². The van der Waals surface area contributed by atoms with Gasteiger partial charge in [-0.05, 0) is 32.3 Å². The zero-order chi connectivity index (χ0) is 19.2. The van der Waals surface area contributed by atoms with Crippen LogP contribution < -0.4 is 14.8 Å². The Morgan fingerprint density at radius 1 is 1.19 bits per heavy atom. The largest absolute Gasteiger partial charge is 0.478 e. The number of aromatic carboxylic acids is 1. The van der Waals surface area contributed by atoms with Crippen molar-refractivity contribution in [3.63, 3.8) is 0 Å². The normalized spacial score (nSPS) is 22.4. The van der Waals surface area contributed by atoms with Gasteiger partial charge in [0.15, 0.2) is 11.5 Å². The molecule has 2 heterocycles. The molecule has 1 aromatic rings. The van der Waals surface area contributed by atoms with E-state index in [0.717, 1.165) is 12.8 Å². The van der Waals surface area contributed by atoms with Crippen LogP contribution in [-0.4, -0.2) is 47.9 Å². The smallest absolute Gasteiger partial charge is 0.336 e. The zero-order valence-corrected chi connectivity index (χ0v) is 16.1. The number of nitrogens with one attached hydrogen (secondary N) is 1. The summed E-state index contributed by atoms with van der Waals surface area (Å²) in [5.74, 6) is -1.12. The van der Waals surface area contributed by atoms with E-state index in [0.29, 0.717) is 35.7 Å². The molecule has 0 aliphatic carbocycles. The zero-order valence-electron chi connectivity index (χ0n) is 15.3. The van der Waals surface area contributed by atoms with Crippen molar-refractivity contribution in [2.24, 2.45) is 5.92 Å². The molecule has 2 N–H and O–H groups in total. The number of piperidine rings is 1. The summed E-state index contributed by atoms with van der Waals surface area (Å²) < 4.78 is 12.2. The summed E-state index contributed by atoms with van der Waals surface area (Å²) in [6.45, 7) is 6.43. The molecule has 0 radical (unpaired) electrons. The quantitative estimate of drug-likeness (QED) is 0.820. The van der Waals surface area contributed by atoms with E-state index in [1.54, 1.807) is 25.8 Å². The van der Waals surface area contributed by atoms with Gasteiger partial charge in [-0.3, -0.25) is 0 Å². The van der Waals surface area contributed by atoms with Gasteiger partial charge >= 0.3 is 12.0 Å². The van der Waals surface area contributed by atoms with Gasteiger partial charge in [0.25, 0.3) is 5.79 Å². The van der Waals surface area contributed by atoms with E-state index in [1.807, 2.05) is 6.92 Å². The number of carbonyl (C=O) groups is 2. The number of ether oxygens (including phenoxy) is 2. The molecule has 8 heteroatoms. The first-order valence-corrected chi connectivity index (χ1v) is 8.98. The van der Waals surface area contributed by atoms with Crippen molar-refractivity contribution < 1.29 is 24.2 Å². The molecule has 2 aliphatic heterocycles. The third-order valence-corrected chi connectivity index (χ3v) is 5.84. The minimum Gasteiger partial charge on any atom is -0.478 e. The van der Waals surface area contributed by atoms with E-state index in [1.165, 1.54) is 0 Å². The summed E-state index contributed by atoms with van der Waals surface area (Å²) in [6, 6.07) is -0.0919. The summed E-state index contributed by atoms with van der Waals surface area (Å²) in [6.07, 6.45) is 1.44. The molecule has 3 rings (SSSR count). The third kappa shape index (κ3) is 2.84. The standard InChI is InChI=1S/C18H23ClN2O5/c1-9-12(16(22)23)10(2)14-15(13(9)19)26-18(3,25-14)11-5-7-21(8-6-11)17(24)20-4/h11H,5-8H2,1-4H3,(H,20,24)(H,22,23). The molecular formula is C18H23ClN2O5. The van der Waals surface area contributed by atoms with Crippen LogP contribution in [0.2, 0.25) is 5.02 Å². The molecule has 7 nitrogen and oxygen atoms in total. The maximum absolute atomic E-state index is 11.8. The SMILES string of the molecule is CNC(=O)N1CCC(C2(C)Oc3c(C)c(C(=O)O)c(C)c(Cl)c3O2)CC1. The minimum absolute atomic E-state index is 0.0554. The number of nitrogens with zero attached hydrogens (tertiary/aromatic N) is 1. The number of hydrogen-bond acceptors (Lipinski definition) is 4. The lowest BCUT2D eigenvalue weighted by atomic mass is 9.89. The van der Waals surface area contributed by atoms with E-state index < -0.39 is 11.8 Å². The Balaban J connectivity index is 1.86. The molecule has 0 saturated carbocycles. The van der Waals surface area contributed by atoms with Crippen molar-refractivity contribution in [3.05, 3.63) is 21.7 Å². The maximum atomic E-state index is 11.8. The van der Waals surface area contributed by atoms with Crippen molar-refractivity contribution in [1.82, 2.24) is 10.2 Å². The Hall–Kier alpha value is -2.15. The maximum Gasteiger partial charge on any atom is 0.336 e. The lowest BCUT2D eigenvalue weighted by Gasteiger charge is -2.38. The summed E-state index contributed by atoms with van der Waals surface area (Å²) in [5.41, 5.74) is 1.13. The molecule has 1 saturated heterocycles. The average Bonchev–Trinajstić information content (AvgIpc) is 2.99. The molecule has 0 spiro atoms. The highest BCUT2D eigenvalue weighted by molar-refractivity contribution is 6.33. The number of fused-ring (bicyclic) bond motifs is 1.